The van der Waals surface area contributed by atoms with Gasteiger partial charge in [-0.3, -0.25) is 4.79 Å². The third-order valence-corrected chi connectivity index (χ3v) is 3.46. The van der Waals surface area contributed by atoms with Crippen LogP contribution in [0.5, 0.6) is 5.75 Å². The van der Waals surface area contributed by atoms with Gasteiger partial charge in [0.1, 0.15) is 5.75 Å². The predicted octanol–water partition coefficient (Wildman–Crippen LogP) is 2.94. The lowest BCUT2D eigenvalue weighted by Gasteiger charge is -2.23. The van der Waals surface area contributed by atoms with Gasteiger partial charge in [-0.25, -0.2) is 0 Å². The molecule has 0 aromatic heterocycles. The first-order valence-electron chi connectivity index (χ1n) is 7.12. The van der Waals surface area contributed by atoms with Crippen molar-refractivity contribution in [3.05, 3.63) is 28.8 Å². The summed E-state index contributed by atoms with van der Waals surface area (Å²) in [5.74, 6) is 1.30. The van der Waals surface area contributed by atoms with Crippen molar-refractivity contribution in [2.24, 2.45) is 5.92 Å². The van der Waals surface area contributed by atoms with Gasteiger partial charge < -0.3 is 15.0 Å². The first-order valence-corrected chi connectivity index (χ1v) is 7.50. The molecule has 1 amide bonds. The molecule has 1 atom stereocenters. The van der Waals surface area contributed by atoms with Crippen LogP contribution in [0.1, 0.15) is 25.8 Å². The van der Waals surface area contributed by atoms with Crippen molar-refractivity contribution in [1.29, 1.82) is 0 Å². The van der Waals surface area contributed by atoms with Gasteiger partial charge in [0.2, 0.25) is 5.91 Å². The Labute approximate surface area is 132 Å². The standard InChI is InChI=1S/C16H25ClN2O2/c1-11(2)8-14(16(20)19(3)4)18-10-12-9-13(17)6-7-15(12)21-5/h6-7,9,11,14,18H,8,10H2,1-5H3. The summed E-state index contributed by atoms with van der Waals surface area (Å²) in [7, 11) is 5.18. The minimum absolute atomic E-state index is 0.0877. The van der Waals surface area contributed by atoms with Gasteiger partial charge in [-0.15, -0.1) is 0 Å². The molecule has 1 N–H and O–H groups in total. The molecular formula is C16H25ClN2O2. The number of halogens is 1. The van der Waals surface area contributed by atoms with Crippen LogP contribution in [0.25, 0.3) is 0 Å². The molecule has 4 nitrogen and oxygen atoms in total. The molecule has 0 bridgehead atoms. The maximum atomic E-state index is 12.2. The highest BCUT2D eigenvalue weighted by atomic mass is 35.5. The molecule has 21 heavy (non-hydrogen) atoms. The monoisotopic (exact) mass is 312 g/mol. The van der Waals surface area contributed by atoms with Crippen molar-refractivity contribution in [3.8, 4) is 5.75 Å². The minimum atomic E-state index is -0.205. The van der Waals surface area contributed by atoms with E-state index in [0.717, 1.165) is 17.7 Å². The Morgan fingerprint density at radius 3 is 2.57 bits per heavy atom. The van der Waals surface area contributed by atoms with E-state index in [1.807, 2.05) is 12.1 Å². The molecule has 0 fully saturated rings. The van der Waals surface area contributed by atoms with Crippen LogP contribution in [0.3, 0.4) is 0 Å². The Bertz CT molecular complexity index is 475. The number of hydrogen-bond donors (Lipinski definition) is 1. The molecule has 0 aliphatic carbocycles. The quantitative estimate of drug-likeness (QED) is 0.841. The third-order valence-electron chi connectivity index (χ3n) is 3.23. The fourth-order valence-corrected chi connectivity index (χ4v) is 2.37. The fourth-order valence-electron chi connectivity index (χ4n) is 2.17. The number of nitrogens with one attached hydrogen (secondary N) is 1. The highest BCUT2D eigenvalue weighted by Gasteiger charge is 2.21. The Morgan fingerprint density at radius 1 is 1.38 bits per heavy atom. The molecule has 1 aromatic rings. The zero-order valence-corrected chi connectivity index (χ0v) is 14.2. The summed E-state index contributed by atoms with van der Waals surface area (Å²) in [4.78, 5) is 13.8. The molecule has 1 unspecified atom stereocenters. The van der Waals surface area contributed by atoms with Crippen LogP contribution in [0.4, 0.5) is 0 Å². The van der Waals surface area contributed by atoms with E-state index >= 15 is 0 Å². The molecule has 5 heteroatoms. The Kier molecular flexibility index (Phi) is 6.99. The Balaban J connectivity index is 2.81. The van der Waals surface area contributed by atoms with E-state index in [9.17, 15) is 4.79 Å². The van der Waals surface area contributed by atoms with Gasteiger partial charge >= 0.3 is 0 Å². The van der Waals surface area contributed by atoms with Crippen molar-refractivity contribution in [3.63, 3.8) is 0 Å². The lowest BCUT2D eigenvalue weighted by Crippen LogP contribution is -2.44. The number of methoxy groups -OCH3 is 1. The van der Waals surface area contributed by atoms with Crippen LogP contribution in [0.15, 0.2) is 18.2 Å². The van der Waals surface area contributed by atoms with Crippen LogP contribution in [-0.2, 0) is 11.3 Å². The number of nitrogens with zero attached hydrogens (tertiary/aromatic N) is 1. The fraction of sp³-hybridized carbons (Fsp3) is 0.562. The molecule has 0 aliphatic heterocycles. The summed E-state index contributed by atoms with van der Waals surface area (Å²) >= 11 is 6.03. The van der Waals surface area contributed by atoms with Crippen molar-refractivity contribution in [1.82, 2.24) is 10.2 Å². The van der Waals surface area contributed by atoms with Crippen molar-refractivity contribution < 1.29 is 9.53 Å². The molecule has 0 radical (unpaired) electrons. The summed E-state index contributed by atoms with van der Waals surface area (Å²) in [6, 6.07) is 5.29. The molecule has 0 spiro atoms. The van der Waals surface area contributed by atoms with Crippen LogP contribution in [0.2, 0.25) is 5.02 Å². The predicted molar refractivity (Wildman–Crippen MR) is 86.8 cm³/mol. The first kappa shape index (κ1) is 17.8. The number of carbonyl (C=O) groups excluding carboxylic acids is 1. The average Bonchev–Trinajstić information content (AvgIpc) is 2.42. The second-order valence-corrected chi connectivity index (χ2v) is 6.19. The van der Waals surface area contributed by atoms with E-state index in [-0.39, 0.29) is 11.9 Å². The number of ether oxygens (including phenoxy) is 1. The van der Waals surface area contributed by atoms with E-state index in [2.05, 4.69) is 19.2 Å². The summed E-state index contributed by atoms with van der Waals surface area (Å²) < 4.78 is 5.33. The van der Waals surface area contributed by atoms with E-state index < -0.39 is 0 Å². The molecule has 118 valence electrons. The number of amides is 1. The van der Waals surface area contributed by atoms with E-state index in [1.165, 1.54) is 0 Å². The number of likely N-dealkylation sites (N-methyl/N-ethyl adjacent to an activating group) is 1. The summed E-state index contributed by atoms with van der Waals surface area (Å²) in [6.45, 7) is 4.76. The second kappa shape index (κ2) is 8.25. The van der Waals surface area contributed by atoms with Crippen LogP contribution in [0, 0.1) is 5.92 Å². The average molecular weight is 313 g/mol. The zero-order valence-electron chi connectivity index (χ0n) is 13.4. The van der Waals surface area contributed by atoms with Gasteiger partial charge in [0, 0.05) is 31.2 Å². The van der Waals surface area contributed by atoms with Crippen LogP contribution >= 0.6 is 11.6 Å². The molecule has 1 aromatic carbocycles. The number of carbonyl (C=O) groups is 1. The zero-order chi connectivity index (χ0) is 16.0. The summed E-state index contributed by atoms with van der Waals surface area (Å²) in [5, 5.41) is 3.98. The first-order chi connectivity index (χ1) is 9.85. The smallest absolute Gasteiger partial charge is 0.239 e. The summed E-state index contributed by atoms with van der Waals surface area (Å²) in [5.41, 5.74) is 0.949. The van der Waals surface area contributed by atoms with Crippen molar-refractivity contribution >= 4 is 17.5 Å². The number of benzene rings is 1. The van der Waals surface area contributed by atoms with Gasteiger partial charge in [0.05, 0.1) is 13.2 Å². The van der Waals surface area contributed by atoms with Crippen molar-refractivity contribution in [2.45, 2.75) is 32.9 Å². The SMILES string of the molecule is COc1ccc(Cl)cc1CNC(CC(C)C)C(=O)N(C)C. The second-order valence-electron chi connectivity index (χ2n) is 5.75. The molecule has 0 saturated carbocycles. The van der Waals surface area contributed by atoms with Gasteiger partial charge in [-0.1, -0.05) is 25.4 Å². The highest BCUT2D eigenvalue weighted by molar-refractivity contribution is 6.30. The maximum Gasteiger partial charge on any atom is 0.239 e. The molecule has 0 heterocycles. The van der Waals surface area contributed by atoms with Crippen molar-refractivity contribution in [2.75, 3.05) is 21.2 Å². The molecular weight excluding hydrogens is 288 g/mol. The van der Waals surface area contributed by atoms with E-state index in [1.54, 1.807) is 32.2 Å². The summed E-state index contributed by atoms with van der Waals surface area (Å²) in [6.07, 6.45) is 0.792. The lowest BCUT2D eigenvalue weighted by molar-refractivity contribution is -0.131. The van der Waals surface area contributed by atoms with Gasteiger partial charge in [-0.05, 0) is 30.5 Å². The largest absolute Gasteiger partial charge is 0.496 e. The van der Waals surface area contributed by atoms with Crippen LogP contribution < -0.4 is 10.1 Å². The molecule has 0 aliphatic rings. The number of rotatable bonds is 7. The van der Waals surface area contributed by atoms with Crippen LogP contribution in [-0.4, -0.2) is 38.1 Å². The molecule has 1 rings (SSSR count). The maximum absolute atomic E-state index is 12.2. The van der Waals surface area contributed by atoms with E-state index in [4.69, 9.17) is 16.3 Å². The topological polar surface area (TPSA) is 41.6 Å². The Hall–Kier alpha value is -1.26. The van der Waals surface area contributed by atoms with Gasteiger partial charge in [0.15, 0.2) is 0 Å². The number of hydrogen-bond acceptors (Lipinski definition) is 3. The van der Waals surface area contributed by atoms with Gasteiger partial charge in [0.25, 0.3) is 0 Å². The normalized spacial score (nSPS) is 12.3. The minimum Gasteiger partial charge on any atom is -0.496 e. The molecule has 0 saturated heterocycles. The van der Waals surface area contributed by atoms with E-state index in [0.29, 0.717) is 17.5 Å². The third kappa shape index (κ3) is 5.56. The Morgan fingerprint density at radius 2 is 2.05 bits per heavy atom. The lowest BCUT2D eigenvalue weighted by atomic mass is 10.0. The highest BCUT2D eigenvalue weighted by Crippen LogP contribution is 2.22. The van der Waals surface area contributed by atoms with Gasteiger partial charge in [-0.2, -0.15) is 0 Å².